The van der Waals surface area contributed by atoms with Crippen molar-refractivity contribution in [2.24, 2.45) is 0 Å². The molecule has 0 amide bonds. The van der Waals surface area contributed by atoms with Gasteiger partial charge in [0.15, 0.2) is 0 Å². The Morgan fingerprint density at radius 2 is 1.95 bits per heavy atom. The molecule has 1 fully saturated rings. The largest absolute Gasteiger partial charge is 0.365 e. The number of benzene rings is 1. The lowest BCUT2D eigenvalue weighted by atomic mass is 10.2. The van der Waals surface area contributed by atoms with E-state index in [1.54, 1.807) is 6.20 Å². The van der Waals surface area contributed by atoms with Crippen LogP contribution in [-0.4, -0.2) is 15.0 Å². The van der Waals surface area contributed by atoms with E-state index in [2.05, 4.69) is 33.5 Å². The Morgan fingerprint density at radius 3 is 2.76 bits per heavy atom. The lowest BCUT2D eigenvalue weighted by Gasteiger charge is -2.10. The molecule has 3 aromatic rings. The van der Waals surface area contributed by atoms with Crippen LogP contribution in [0.2, 0.25) is 0 Å². The van der Waals surface area contributed by atoms with Crippen LogP contribution in [0.25, 0.3) is 10.9 Å². The fraction of sp³-hybridized carbons (Fsp3) is 0.235. The van der Waals surface area contributed by atoms with Crippen LogP contribution >= 0.6 is 0 Å². The molecule has 0 radical (unpaired) electrons. The predicted octanol–water partition coefficient (Wildman–Crippen LogP) is 3.51. The van der Waals surface area contributed by atoms with Crippen LogP contribution in [-0.2, 0) is 6.54 Å². The van der Waals surface area contributed by atoms with E-state index in [4.69, 9.17) is 4.98 Å². The fourth-order valence-corrected chi connectivity index (χ4v) is 2.44. The predicted molar refractivity (Wildman–Crippen MR) is 83.1 cm³/mol. The summed E-state index contributed by atoms with van der Waals surface area (Å²) in [7, 11) is 0. The number of para-hydroxylation sites is 1. The molecule has 2 aromatic heterocycles. The van der Waals surface area contributed by atoms with Gasteiger partial charge in [0.2, 0.25) is 0 Å². The number of hydrogen-bond donors (Lipinski definition) is 1. The SMILES string of the molecule is c1cncc(CNc2nc(C3CC3)nc3ccccc23)c1. The van der Waals surface area contributed by atoms with Crippen LogP contribution in [0.15, 0.2) is 48.8 Å². The van der Waals surface area contributed by atoms with Crippen LogP contribution in [0.1, 0.15) is 30.1 Å². The normalized spacial score (nSPS) is 14.3. The molecule has 0 spiro atoms. The molecule has 4 heteroatoms. The van der Waals surface area contributed by atoms with E-state index in [1.807, 2.05) is 24.4 Å². The van der Waals surface area contributed by atoms with Crippen molar-refractivity contribution in [2.75, 3.05) is 5.32 Å². The van der Waals surface area contributed by atoms with Crippen molar-refractivity contribution < 1.29 is 0 Å². The topological polar surface area (TPSA) is 50.7 Å². The molecule has 1 aromatic carbocycles. The maximum absolute atomic E-state index is 4.74. The lowest BCUT2D eigenvalue weighted by molar-refractivity contribution is 0.940. The molecule has 104 valence electrons. The minimum absolute atomic E-state index is 0.550. The summed E-state index contributed by atoms with van der Waals surface area (Å²) in [6.45, 7) is 0.721. The molecule has 1 saturated carbocycles. The molecule has 0 bridgehead atoms. The molecule has 1 N–H and O–H groups in total. The summed E-state index contributed by atoms with van der Waals surface area (Å²) >= 11 is 0. The van der Waals surface area contributed by atoms with Gasteiger partial charge in [-0.05, 0) is 36.6 Å². The van der Waals surface area contributed by atoms with Crippen molar-refractivity contribution >= 4 is 16.7 Å². The third-order valence-corrected chi connectivity index (χ3v) is 3.75. The van der Waals surface area contributed by atoms with Crippen molar-refractivity contribution in [1.29, 1.82) is 0 Å². The highest BCUT2D eigenvalue weighted by atomic mass is 15.0. The Balaban J connectivity index is 1.69. The second-order valence-electron chi connectivity index (χ2n) is 5.44. The smallest absolute Gasteiger partial charge is 0.137 e. The summed E-state index contributed by atoms with van der Waals surface area (Å²) in [6.07, 6.45) is 6.08. The van der Waals surface area contributed by atoms with E-state index in [1.165, 1.54) is 12.8 Å². The zero-order valence-corrected chi connectivity index (χ0v) is 11.7. The molecule has 0 saturated heterocycles. The molecule has 2 heterocycles. The Labute approximate surface area is 123 Å². The number of pyridine rings is 1. The van der Waals surface area contributed by atoms with Crippen LogP contribution in [0.4, 0.5) is 5.82 Å². The second kappa shape index (κ2) is 5.13. The van der Waals surface area contributed by atoms with Crippen LogP contribution in [0.3, 0.4) is 0 Å². The zero-order chi connectivity index (χ0) is 14.1. The number of nitrogens with zero attached hydrogens (tertiary/aromatic N) is 3. The summed E-state index contributed by atoms with van der Waals surface area (Å²) in [5, 5.41) is 4.51. The van der Waals surface area contributed by atoms with Crippen molar-refractivity contribution in [3.05, 3.63) is 60.2 Å². The highest BCUT2D eigenvalue weighted by molar-refractivity contribution is 5.89. The van der Waals surface area contributed by atoms with Crippen LogP contribution in [0, 0.1) is 0 Å². The van der Waals surface area contributed by atoms with Gasteiger partial charge in [-0.3, -0.25) is 4.98 Å². The van der Waals surface area contributed by atoms with Gasteiger partial charge >= 0.3 is 0 Å². The highest BCUT2D eigenvalue weighted by Crippen LogP contribution is 2.39. The van der Waals surface area contributed by atoms with Gasteiger partial charge in [0, 0.05) is 30.2 Å². The van der Waals surface area contributed by atoms with Gasteiger partial charge in [-0.2, -0.15) is 0 Å². The van der Waals surface area contributed by atoms with Crippen molar-refractivity contribution in [3.8, 4) is 0 Å². The molecule has 4 rings (SSSR count). The maximum Gasteiger partial charge on any atom is 0.137 e. The molecule has 0 unspecified atom stereocenters. The van der Waals surface area contributed by atoms with Crippen molar-refractivity contribution in [1.82, 2.24) is 15.0 Å². The van der Waals surface area contributed by atoms with Gasteiger partial charge in [-0.25, -0.2) is 9.97 Å². The van der Waals surface area contributed by atoms with Gasteiger partial charge < -0.3 is 5.32 Å². The average molecular weight is 276 g/mol. The molecular weight excluding hydrogens is 260 g/mol. The third-order valence-electron chi connectivity index (χ3n) is 3.75. The standard InChI is InChI=1S/C17H16N4/c1-2-6-15-14(5-1)17(21-16(20-15)13-7-8-13)19-11-12-4-3-9-18-10-12/h1-6,9-10,13H,7-8,11H2,(H,19,20,21). The average Bonchev–Trinajstić information content (AvgIpc) is 3.38. The molecule has 0 aliphatic heterocycles. The molecule has 4 nitrogen and oxygen atoms in total. The number of rotatable bonds is 4. The van der Waals surface area contributed by atoms with Gasteiger partial charge in [0.25, 0.3) is 0 Å². The quantitative estimate of drug-likeness (QED) is 0.792. The third kappa shape index (κ3) is 2.57. The number of aromatic nitrogens is 3. The van der Waals surface area contributed by atoms with Gasteiger partial charge in [0.05, 0.1) is 5.52 Å². The summed E-state index contributed by atoms with van der Waals surface area (Å²) in [6, 6.07) is 12.2. The highest BCUT2D eigenvalue weighted by Gasteiger charge is 2.27. The zero-order valence-electron chi connectivity index (χ0n) is 11.7. The van der Waals surface area contributed by atoms with E-state index in [0.717, 1.165) is 34.7 Å². The first-order chi connectivity index (χ1) is 10.4. The molecular formula is C17H16N4. The van der Waals surface area contributed by atoms with Crippen molar-refractivity contribution in [2.45, 2.75) is 25.3 Å². The first-order valence-electron chi connectivity index (χ1n) is 7.29. The molecule has 1 aliphatic rings. The monoisotopic (exact) mass is 276 g/mol. The summed E-state index contributed by atoms with van der Waals surface area (Å²) in [5.74, 6) is 2.45. The molecule has 21 heavy (non-hydrogen) atoms. The first-order valence-corrected chi connectivity index (χ1v) is 7.29. The number of anilines is 1. The maximum atomic E-state index is 4.74. The molecule has 0 atom stereocenters. The summed E-state index contributed by atoms with van der Waals surface area (Å²) < 4.78 is 0. The Hall–Kier alpha value is -2.49. The number of nitrogens with one attached hydrogen (secondary N) is 1. The van der Waals surface area contributed by atoms with E-state index in [-0.39, 0.29) is 0 Å². The minimum atomic E-state index is 0.550. The first kappa shape index (κ1) is 12.3. The fourth-order valence-electron chi connectivity index (χ4n) is 2.44. The van der Waals surface area contributed by atoms with Gasteiger partial charge in [0.1, 0.15) is 11.6 Å². The lowest BCUT2D eigenvalue weighted by Crippen LogP contribution is -2.05. The van der Waals surface area contributed by atoms with Gasteiger partial charge in [-0.1, -0.05) is 18.2 Å². The van der Waals surface area contributed by atoms with E-state index in [9.17, 15) is 0 Å². The Kier molecular flexibility index (Phi) is 2.99. The molecule has 1 aliphatic carbocycles. The minimum Gasteiger partial charge on any atom is -0.365 e. The van der Waals surface area contributed by atoms with E-state index >= 15 is 0 Å². The number of fused-ring (bicyclic) bond motifs is 1. The summed E-state index contributed by atoms with van der Waals surface area (Å²) in [5.41, 5.74) is 2.16. The van der Waals surface area contributed by atoms with Gasteiger partial charge in [-0.15, -0.1) is 0 Å². The second-order valence-corrected chi connectivity index (χ2v) is 5.44. The Morgan fingerprint density at radius 1 is 1.05 bits per heavy atom. The van der Waals surface area contributed by atoms with E-state index < -0.39 is 0 Å². The van der Waals surface area contributed by atoms with E-state index in [0.29, 0.717) is 5.92 Å². The number of hydrogen-bond acceptors (Lipinski definition) is 4. The van der Waals surface area contributed by atoms with Crippen LogP contribution < -0.4 is 5.32 Å². The van der Waals surface area contributed by atoms with Crippen LogP contribution in [0.5, 0.6) is 0 Å². The Bertz CT molecular complexity index is 766. The summed E-state index contributed by atoms with van der Waals surface area (Å²) in [4.78, 5) is 13.6. The van der Waals surface area contributed by atoms with Crippen molar-refractivity contribution in [3.63, 3.8) is 0 Å².